The number of aromatic nitrogens is 2. The van der Waals surface area contributed by atoms with E-state index in [1.807, 2.05) is 37.8 Å². The lowest BCUT2D eigenvalue weighted by molar-refractivity contribution is -0.00566. The zero-order valence-corrected chi connectivity index (χ0v) is 28.6. The molecule has 0 saturated carbocycles. The van der Waals surface area contributed by atoms with Crippen molar-refractivity contribution in [3.63, 3.8) is 0 Å². The molecule has 3 fully saturated rings. The number of carbonyl (C=O) groups is 1. The molecule has 0 radical (unpaired) electrons. The van der Waals surface area contributed by atoms with E-state index in [0.29, 0.717) is 38.3 Å². The fraction of sp³-hybridized carbons (Fsp3) is 0.556. The summed E-state index contributed by atoms with van der Waals surface area (Å²) in [6.45, 7) is 9.75. The number of nitriles is 1. The average molecular weight is 658 g/mol. The maximum absolute atomic E-state index is 13.5. The highest BCUT2D eigenvalue weighted by Crippen LogP contribution is 2.45. The normalized spacial score (nSPS) is 24.4. The molecule has 0 aliphatic carbocycles. The highest BCUT2D eigenvalue weighted by molar-refractivity contribution is 6.36. The number of ether oxygens (including phenoxy) is 2. The molecular formula is C36H44ClN7O3. The molecule has 1 amide bonds. The van der Waals surface area contributed by atoms with E-state index in [1.54, 1.807) is 0 Å². The molecule has 0 N–H and O–H groups in total. The minimum absolute atomic E-state index is 0.0769. The molecule has 5 heterocycles. The van der Waals surface area contributed by atoms with Crippen molar-refractivity contribution in [3.8, 4) is 12.1 Å². The summed E-state index contributed by atoms with van der Waals surface area (Å²) in [6.07, 6.45) is 4.47. The van der Waals surface area contributed by atoms with Gasteiger partial charge in [-0.1, -0.05) is 35.9 Å². The van der Waals surface area contributed by atoms with Crippen LogP contribution >= 0.6 is 11.6 Å². The zero-order chi connectivity index (χ0) is 32.9. The Labute approximate surface area is 282 Å². The number of amides is 1. The van der Waals surface area contributed by atoms with Gasteiger partial charge in [-0.05, 0) is 84.0 Å². The molecule has 11 heteroatoms. The highest BCUT2D eigenvalue weighted by Gasteiger charge is 2.55. The molecule has 7 rings (SSSR count). The molecule has 248 valence electrons. The van der Waals surface area contributed by atoms with Crippen LogP contribution in [-0.4, -0.2) is 88.9 Å². The first-order valence-electron chi connectivity index (χ1n) is 16.8. The van der Waals surface area contributed by atoms with E-state index in [0.717, 1.165) is 83.8 Å². The van der Waals surface area contributed by atoms with Crippen LogP contribution in [0.25, 0.3) is 10.8 Å². The van der Waals surface area contributed by atoms with Gasteiger partial charge in [-0.15, -0.1) is 0 Å². The fourth-order valence-corrected chi connectivity index (χ4v) is 8.37. The van der Waals surface area contributed by atoms with Crippen LogP contribution in [0.4, 0.5) is 16.3 Å². The van der Waals surface area contributed by atoms with Gasteiger partial charge >= 0.3 is 12.1 Å². The molecule has 0 spiro atoms. The summed E-state index contributed by atoms with van der Waals surface area (Å²) in [4.78, 5) is 32.5. The number of anilines is 2. The van der Waals surface area contributed by atoms with Crippen LogP contribution in [0.2, 0.25) is 5.02 Å². The molecule has 2 bridgehead atoms. The first-order valence-corrected chi connectivity index (χ1v) is 17.2. The van der Waals surface area contributed by atoms with Crippen LogP contribution < -0.4 is 14.5 Å². The van der Waals surface area contributed by atoms with Crippen molar-refractivity contribution in [3.05, 3.63) is 52.7 Å². The van der Waals surface area contributed by atoms with Crippen molar-refractivity contribution in [2.24, 2.45) is 0 Å². The molecule has 1 aromatic heterocycles. The Morgan fingerprint density at radius 3 is 2.68 bits per heavy atom. The predicted molar refractivity (Wildman–Crippen MR) is 183 cm³/mol. The summed E-state index contributed by atoms with van der Waals surface area (Å²) in [5.41, 5.74) is 1.87. The maximum atomic E-state index is 13.5. The second-order valence-electron chi connectivity index (χ2n) is 14.6. The Morgan fingerprint density at radius 2 is 1.94 bits per heavy atom. The summed E-state index contributed by atoms with van der Waals surface area (Å²) in [5.74, 6) is 0.860. The van der Waals surface area contributed by atoms with E-state index in [4.69, 9.17) is 31.0 Å². The topological polar surface area (TPSA) is 98.1 Å². The van der Waals surface area contributed by atoms with E-state index < -0.39 is 11.1 Å². The van der Waals surface area contributed by atoms with Gasteiger partial charge < -0.3 is 24.2 Å². The number of nitrogens with zero attached hydrogens (tertiary/aromatic N) is 7. The third-order valence-electron chi connectivity index (χ3n) is 10.3. The van der Waals surface area contributed by atoms with Crippen LogP contribution in [0.5, 0.6) is 6.01 Å². The SMILES string of the molecule is CN1CCC[C@H]1COc1nc2c(c(N3C[C@H]4CC[C@@](CC#N)(C3)N4C(=O)OC(C)(C)C)n1)CCN(c1cccc3cccc(Cl)c13)C2. The molecule has 4 aliphatic rings. The minimum atomic E-state index is -0.647. The van der Waals surface area contributed by atoms with Crippen molar-refractivity contribution in [2.45, 2.75) is 89.1 Å². The third-order valence-corrected chi connectivity index (χ3v) is 10.6. The zero-order valence-electron chi connectivity index (χ0n) is 27.8. The lowest BCUT2D eigenvalue weighted by Gasteiger charge is -2.49. The van der Waals surface area contributed by atoms with Gasteiger partial charge in [0, 0.05) is 42.3 Å². The molecule has 10 nitrogen and oxygen atoms in total. The van der Waals surface area contributed by atoms with Crippen LogP contribution in [0, 0.1) is 11.3 Å². The Morgan fingerprint density at radius 1 is 1.13 bits per heavy atom. The largest absolute Gasteiger partial charge is 0.462 e. The van der Waals surface area contributed by atoms with Gasteiger partial charge in [-0.2, -0.15) is 15.2 Å². The number of hydrogen-bond donors (Lipinski definition) is 0. The molecule has 3 atom stereocenters. The van der Waals surface area contributed by atoms with E-state index in [2.05, 4.69) is 52.1 Å². The third kappa shape index (κ3) is 6.04. The van der Waals surface area contributed by atoms with Crippen LogP contribution in [0.3, 0.4) is 0 Å². The average Bonchev–Trinajstić information content (AvgIpc) is 3.55. The lowest BCUT2D eigenvalue weighted by atomic mass is 9.91. The van der Waals surface area contributed by atoms with Gasteiger partial charge in [0.15, 0.2) is 0 Å². The number of piperazine rings is 1. The summed E-state index contributed by atoms with van der Waals surface area (Å²) >= 11 is 6.75. The summed E-state index contributed by atoms with van der Waals surface area (Å²) in [5, 5.41) is 12.9. The first-order chi connectivity index (χ1) is 22.5. The Balaban J connectivity index is 1.24. The van der Waals surface area contributed by atoms with Crippen molar-refractivity contribution in [1.82, 2.24) is 19.8 Å². The summed E-state index contributed by atoms with van der Waals surface area (Å²) in [7, 11) is 2.14. The first kappa shape index (κ1) is 31.8. The number of rotatable bonds is 6. The van der Waals surface area contributed by atoms with Gasteiger partial charge in [-0.25, -0.2) is 4.79 Å². The second kappa shape index (κ2) is 12.3. The summed E-state index contributed by atoms with van der Waals surface area (Å²) in [6, 6.07) is 15.4. The number of benzene rings is 2. The van der Waals surface area contributed by atoms with Crippen molar-refractivity contribution >= 4 is 40.0 Å². The van der Waals surface area contributed by atoms with Gasteiger partial charge in [0.2, 0.25) is 0 Å². The van der Waals surface area contributed by atoms with E-state index >= 15 is 0 Å². The molecule has 3 aromatic rings. The van der Waals surface area contributed by atoms with Crippen molar-refractivity contribution in [1.29, 1.82) is 5.26 Å². The Bertz CT molecular complexity index is 1720. The van der Waals surface area contributed by atoms with Crippen molar-refractivity contribution in [2.75, 3.05) is 49.6 Å². The molecule has 4 aliphatic heterocycles. The molecule has 47 heavy (non-hydrogen) atoms. The van der Waals surface area contributed by atoms with Crippen LogP contribution in [0.1, 0.15) is 64.1 Å². The monoisotopic (exact) mass is 657 g/mol. The predicted octanol–water partition coefficient (Wildman–Crippen LogP) is 6.19. The maximum Gasteiger partial charge on any atom is 0.411 e. The second-order valence-corrected chi connectivity index (χ2v) is 15.0. The Hall–Kier alpha value is -3.81. The fourth-order valence-electron chi connectivity index (χ4n) is 8.09. The van der Waals surface area contributed by atoms with E-state index in [9.17, 15) is 10.1 Å². The number of halogens is 1. The lowest BCUT2D eigenvalue weighted by Crippen LogP contribution is -2.64. The van der Waals surface area contributed by atoms with Gasteiger partial charge in [-0.3, -0.25) is 4.90 Å². The highest BCUT2D eigenvalue weighted by atomic mass is 35.5. The van der Waals surface area contributed by atoms with Gasteiger partial charge in [0.25, 0.3) is 0 Å². The van der Waals surface area contributed by atoms with Crippen LogP contribution in [0.15, 0.2) is 36.4 Å². The number of likely N-dealkylation sites (tertiary alicyclic amines) is 1. The standard InChI is InChI=1S/C36H44ClN7O3/c1-35(2,3)47-34(45)44-25-13-15-36(44,16-17-38)23-43(20-25)32-27-14-19-42(30-12-6-9-24-8-5-11-28(37)31(24)30)21-29(27)39-33(40-32)46-22-26-10-7-18-41(26)4/h5-6,8-9,11-12,25-26H,7,10,13-16,18-23H2,1-4H3/t25-,26+,36-/m1/s1. The van der Waals surface area contributed by atoms with Crippen molar-refractivity contribution < 1.29 is 14.3 Å². The number of likely N-dealkylation sites (N-methyl/N-ethyl adjacent to an activating group) is 1. The number of fused-ring (bicyclic) bond motifs is 4. The number of carbonyl (C=O) groups excluding carboxylic acids is 1. The molecule has 3 saturated heterocycles. The Kier molecular flexibility index (Phi) is 8.34. The van der Waals surface area contributed by atoms with Gasteiger partial charge in [0.1, 0.15) is 18.0 Å². The smallest absolute Gasteiger partial charge is 0.411 e. The van der Waals surface area contributed by atoms with E-state index in [1.165, 1.54) is 0 Å². The molecule has 0 unspecified atom stereocenters. The quantitative estimate of drug-likeness (QED) is 0.307. The number of hydrogen-bond acceptors (Lipinski definition) is 9. The minimum Gasteiger partial charge on any atom is -0.462 e. The van der Waals surface area contributed by atoms with Gasteiger partial charge in [0.05, 0.1) is 41.3 Å². The molecule has 2 aromatic carbocycles. The van der Waals surface area contributed by atoms with Crippen LogP contribution in [-0.2, 0) is 17.7 Å². The summed E-state index contributed by atoms with van der Waals surface area (Å²) < 4.78 is 12.2. The van der Waals surface area contributed by atoms with E-state index in [-0.39, 0.29) is 18.6 Å². The molecular weight excluding hydrogens is 614 g/mol.